The molecule has 3 aromatic rings. The smallest absolute Gasteiger partial charge is 0.271 e. The molecule has 1 saturated heterocycles. The van der Waals surface area contributed by atoms with Crippen LogP contribution in [-0.2, 0) is 19.8 Å². The van der Waals surface area contributed by atoms with Crippen molar-refractivity contribution in [3.63, 3.8) is 0 Å². The van der Waals surface area contributed by atoms with Gasteiger partial charge in [-0.15, -0.1) is 0 Å². The first-order valence-electron chi connectivity index (χ1n) is 10.8. The van der Waals surface area contributed by atoms with Gasteiger partial charge in [0.2, 0.25) is 11.8 Å². The van der Waals surface area contributed by atoms with Gasteiger partial charge >= 0.3 is 0 Å². The number of carbonyl (C=O) groups is 3. The lowest BCUT2D eigenvalue weighted by Crippen LogP contribution is -2.54. The maximum Gasteiger partial charge on any atom is 0.271 e. The van der Waals surface area contributed by atoms with Gasteiger partial charge < -0.3 is 9.53 Å². The average molecular weight is 454 g/mol. The molecule has 4 aliphatic rings. The maximum absolute atomic E-state index is 14.0. The number of rotatable bonds is 4. The Balaban J connectivity index is 1.62. The number of aldehydes is 1. The summed E-state index contributed by atoms with van der Waals surface area (Å²) in [5.74, 6) is -3.08. The van der Waals surface area contributed by atoms with Gasteiger partial charge in [0.05, 0.1) is 29.3 Å². The molecule has 0 N–H and O–H groups in total. The molecule has 2 bridgehead atoms. The number of hydrogen-bond acceptors (Lipinski definition) is 6. The van der Waals surface area contributed by atoms with E-state index in [9.17, 15) is 24.5 Å². The Kier molecular flexibility index (Phi) is 4.08. The van der Waals surface area contributed by atoms with E-state index in [1.807, 2.05) is 48.5 Å². The van der Waals surface area contributed by atoms with Crippen molar-refractivity contribution in [2.45, 2.75) is 11.3 Å². The number of imide groups is 1. The summed E-state index contributed by atoms with van der Waals surface area (Å²) in [6.07, 6.45) is 0.789. The highest BCUT2D eigenvalue weighted by molar-refractivity contribution is 6.25. The molecule has 34 heavy (non-hydrogen) atoms. The second kappa shape index (κ2) is 6.84. The topological polar surface area (TPSA) is 107 Å². The molecule has 7 rings (SSSR count). The Morgan fingerprint density at radius 2 is 1.59 bits per heavy atom. The lowest BCUT2D eigenvalue weighted by atomic mass is 9.48. The minimum atomic E-state index is -1.33. The number of nitrogens with zero attached hydrogens (tertiary/aromatic N) is 2. The zero-order chi connectivity index (χ0) is 23.8. The van der Waals surface area contributed by atoms with E-state index in [4.69, 9.17) is 4.74 Å². The lowest BCUT2D eigenvalue weighted by Gasteiger charge is -2.51. The number of carbonyl (C=O) groups excluding carboxylic acids is 3. The van der Waals surface area contributed by atoms with E-state index < -0.39 is 39.9 Å². The van der Waals surface area contributed by atoms with Gasteiger partial charge in [0.15, 0.2) is 0 Å². The Morgan fingerprint density at radius 1 is 0.971 bits per heavy atom. The molecule has 1 fully saturated rings. The van der Waals surface area contributed by atoms with E-state index in [1.165, 1.54) is 25.3 Å². The summed E-state index contributed by atoms with van der Waals surface area (Å²) in [7, 11) is 1.37. The number of hydrogen-bond donors (Lipinski definition) is 0. The van der Waals surface area contributed by atoms with E-state index in [1.54, 1.807) is 0 Å². The number of methoxy groups -OCH3 is 1. The molecule has 2 amide bonds. The lowest BCUT2D eigenvalue weighted by molar-refractivity contribution is -0.384. The fourth-order valence-corrected chi connectivity index (χ4v) is 6.23. The van der Waals surface area contributed by atoms with Crippen molar-refractivity contribution in [3.8, 4) is 5.75 Å². The van der Waals surface area contributed by atoms with Gasteiger partial charge in [-0.3, -0.25) is 19.7 Å². The maximum atomic E-state index is 14.0. The van der Waals surface area contributed by atoms with Crippen LogP contribution in [0.15, 0.2) is 66.7 Å². The molecule has 0 saturated carbocycles. The highest BCUT2D eigenvalue weighted by Crippen LogP contribution is 2.63. The molecule has 2 atom stereocenters. The number of amides is 2. The number of nitro groups is 1. The molecule has 0 aromatic heterocycles. The third-order valence-electron chi connectivity index (χ3n) is 7.48. The predicted molar refractivity (Wildman–Crippen MR) is 121 cm³/mol. The zero-order valence-electron chi connectivity index (χ0n) is 18.0. The molecule has 1 aliphatic heterocycles. The van der Waals surface area contributed by atoms with E-state index in [0.29, 0.717) is 0 Å². The first kappa shape index (κ1) is 20.3. The van der Waals surface area contributed by atoms with Crippen LogP contribution in [0.25, 0.3) is 0 Å². The Hall–Kier alpha value is -4.33. The third-order valence-corrected chi connectivity index (χ3v) is 7.48. The molecule has 3 aromatic carbocycles. The van der Waals surface area contributed by atoms with Crippen LogP contribution >= 0.6 is 0 Å². The summed E-state index contributed by atoms with van der Waals surface area (Å²) < 4.78 is 5.35. The minimum absolute atomic E-state index is 0.00895. The van der Waals surface area contributed by atoms with Gasteiger partial charge in [-0.05, 0) is 28.3 Å². The number of ether oxygens (including phenoxy) is 1. The molecule has 0 radical (unpaired) electrons. The number of anilines is 1. The molecule has 168 valence electrons. The standard InChI is InChI=1S/C26H18N2O6/c1-34-20-11-10-14(28(32)33)12-19(20)27-24(30)22-21-15-6-2-4-8-17(15)26(13-29,23(22)25(27)31)18-9-5-3-7-16(18)21/h2-13,21-23H,1H3/t21?,22-,23+,26?/m1/s1. The van der Waals surface area contributed by atoms with Crippen LogP contribution in [0.2, 0.25) is 0 Å². The Bertz CT molecular complexity index is 1380. The summed E-state index contributed by atoms with van der Waals surface area (Å²) >= 11 is 0. The van der Waals surface area contributed by atoms with Crippen LogP contribution in [0.4, 0.5) is 11.4 Å². The molecular weight excluding hydrogens is 436 g/mol. The first-order chi connectivity index (χ1) is 16.5. The third kappa shape index (κ3) is 2.24. The van der Waals surface area contributed by atoms with Gasteiger partial charge in [0.1, 0.15) is 17.7 Å². The van der Waals surface area contributed by atoms with Crippen LogP contribution in [0.5, 0.6) is 5.75 Å². The summed E-state index contributed by atoms with van der Waals surface area (Å²) in [5.41, 5.74) is 1.56. The molecule has 0 spiro atoms. The second-order valence-corrected chi connectivity index (χ2v) is 8.77. The Labute approximate surface area is 193 Å². The van der Waals surface area contributed by atoms with Crippen LogP contribution in [0.1, 0.15) is 28.2 Å². The van der Waals surface area contributed by atoms with Crippen LogP contribution in [-0.4, -0.2) is 30.1 Å². The highest BCUT2D eigenvalue weighted by Gasteiger charge is 2.68. The summed E-state index contributed by atoms with van der Waals surface area (Å²) in [6, 6.07) is 18.6. The van der Waals surface area contributed by atoms with Crippen LogP contribution < -0.4 is 9.64 Å². The molecule has 0 unspecified atom stereocenters. The largest absolute Gasteiger partial charge is 0.495 e. The zero-order valence-corrected chi connectivity index (χ0v) is 18.0. The van der Waals surface area contributed by atoms with Crippen molar-refractivity contribution >= 4 is 29.5 Å². The molecular formula is C26H18N2O6. The van der Waals surface area contributed by atoms with Crippen molar-refractivity contribution in [2.24, 2.45) is 11.8 Å². The normalized spacial score (nSPS) is 26.0. The van der Waals surface area contributed by atoms with E-state index in [2.05, 4.69) is 0 Å². The van der Waals surface area contributed by atoms with Crippen molar-refractivity contribution in [2.75, 3.05) is 12.0 Å². The minimum Gasteiger partial charge on any atom is -0.495 e. The van der Waals surface area contributed by atoms with Crippen LogP contribution in [0.3, 0.4) is 0 Å². The van der Waals surface area contributed by atoms with Gasteiger partial charge in [-0.2, -0.15) is 0 Å². The SMILES string of the molecule is COc1ccc([N+](=O)[O-])cc1N1C(=O)[C@@H]2C3c4ccccc4C(C=O)(c4ccccc43)[C@@H]2C1=O. The van der Waals surface area contributed by atoms with E-state index in [0.717, 1.165) is 33.4 Å². The number of non-ortho nitro benzene ring substituents is 1. The monoisotopic (exact) mass is 454 g/mol. The summed E-state index contributed by atoms with van der Waals surface area (Å²) in [6.45, 7) is 0. The van der Waals surface area contributed by atoms with Gasteiger partial charge in [-0.1, -0.05) is 48.5 Å². The Morgan fingerprint density at radius 3 is 2.15 bits per heavy atom. The second-order valence-electron chi connectivity index (χ2n) is 8.77. The van der Waals surface area contributed by atoms with Crippen molar-refractivity contribution in [3.05, 3.63) is 99.1 Å². The van der Waals surface area contributed by atoms with Gasteiger partial charge in [0, 0.05) is 18.1 Å². The molecule has 3 aliphatic carbocycles. The van der Waals surface area contributed by atoms with Crippen molar-refractivity contribution in [1.29, 1.82) is 0 Å². The summed E-state index contributed by atoms with van der Waals surface area (Å²) in [4.78, 5) is 52.7. The molecule has 1 heterocycles. The fraction of sp³-hybridized carbons (Fsp3) is 0.192. The molecule has 8 heteroatoms. The van der Waals surface area contributed by atoms with Crippen molar-refractivity contribution in [1.82, 2.24) is 0 Å². The van der Waals surface area contributed by atoms with E-state index >= 15 is 0 Å². The van der Waals surface area contributed by atoms with E-state index in [-0.39, 0.29) is 17.1 Å². The molecule has 8 nitrogen and oxygen atoms in total. The first-order valence-corrected chi connectivity index (χ1v) is 10.8. The highest BCUT2D eigenvalue weighted by atomic mass is 16.6. The average Bonchev–Trinajstić information content (AvgIpc) is 3.14. The predicted octanol–water partition coefficient (Wildman–Crippen LogP) is 3.35. The fourth-order valence-electron chi connectivity index (χ4n) is 6.23. The van der Waals surface area contributed by atoms with Crippen LogP contribution in [0, 0.1) is 22.0 Å². The van der Waals surface area contributed by atoms with Gasteiger partial charge in [0.25, 0.3) is 5.69 Å². The quantitative estimate of drug-likeness (QED) is 0.259. The summed E-state index contributed by atoms with van der Waals surface area (Å²) in [5, 5.41) is 11.4. The van der Waals surface area contributed by atoms with Crippen molar-refractivity contribution < 1.29 is 24.0 Å². The number of nitro benzene ring substituents is 1. The van der Waals surface area contributed by atoms with Gasteiger partial charge in [-0.25, -0.2) is 4.90 Å². The number of benzene rings is 3.